The first-order chi connectivity index (χ1) is 12.2. The first-order valence-corrected chi connectivity index (χ1v) is 8.48. The number of carbonyl (C=O) groups is 1. The third-order valence-corrected chi connectivity index (χ3v) is 4.50. The molecule has 0 bridgehead atoms. The van der Waals surface area contributed by atoms with Crippen molar-refractivity contribution < 1.29 is 4.79 Å². The van der Waals surface area contributed by atoms with E-state index < -0.39 is 0 Å². The number of amides is 1. The number of likely N-dealkylation sites (tertiary alicyclic amines) is 1. The Labute approximate surface area is 145 Å². The lowest BCUT2D eigenvalue weighted by Gasteiger charge is -2.23. The van der Waals surface area contributed by atoms with Crippen LogP contribution < -0.4 is 0 Å². The third-order valence-electron chi connectivity index (χ3n) is 4.50. The fourth-order valence-corrected chi connectivity index (χ4v) is 3.27. The predicted octanol–water partition coefficient (Wildman–Crippen LogP) is 2.08. The lowest BCUT2D eigenvalue weighted by atomic mass is 10.2. The second kappa shape index (κ2) is 6.51. The SMILES string of the molecule is Cc1cnn(C[C@@H]2CCCN2C(=O)c2cnn(-c3ccccc3)n2)c1. The summed E-state index contributed by atoms with van der Waals surface area (Å²) in [5.41, 5.74) is 2.35. The number of aromatic nitrogens is 5. The van der Waals surface area contributed by atoms with E-state index in [0.29, 0.717) is 12.2 Å². The number of aryl methyl sites for hydroxylation is 1. The molecule has 7 nitrogen and oxygen atoms in total. The summed E-state index contributed by atoms with van der Waals surface area (Å²) in [6, 6.07) is 9.74. The molecule has 3 aromatic rings. The van der Waals surface area contributed by atoms with Gasteiger partial charge >= 0.3 is 0 Å². The summed E-state index contributed by atoms with van der Waals surface area (Å²) in [7, 11) is 0. The molecule has 1 aromatic carbocycles. The zero-order valence-electron chi connectivity index (χ0n) is 14.1. The van der Waals surface area contributed by atoms with Crippen LogP contribution in [0.15, 0.2) is 48.9 Å². The highest BCUT2D eigenvalue weighted by atomic mass is 16.2. The van der Waals surface area contributed by atoms with E-state index in [1.54, 1.807) is 6.20 Å². The molecular formula is C18H20N6O. The zero-order chi connectivity index (χ0) is 17.2. The van der Waals surface area contributed by atoms with E-state index in [4.69, 9.17) is 0 Å². The van der Waals surface area contributed by atoms with Crippen LogP contribution >= 0.6 is 0 Å². The predicted molar refractivity (Wildman–Crippen MR) is 92.4 cm³/mol. The maximum atomic E-state index is 12.9. The minimum absolute atomic E-state index is 0.0615. The first-order valence-electron chi connectivity index (χ1n) is 8.48. The van der Waals surface area contributed by atoms with Crippen molar-refractivity contribution in [3.05, 3.63) is 60.2 Å². The van der Waals surface area contributed by atoms with Gasteiger partial charge in [-0.15, -0.1) is 5.10 Å². The number of hydrogen-bond donors (Lipinski definition) is 0. The van der Waals surface area contributed by atoms with Crippen LogP contribution in [0.25, 0.3) is 5.69 Å². The van der Waals surface area contributed by atoms with Crippen LogP contribution in [-0.2, 0) is 6.54 Å². The van der Waals surface area contributed by atoms with Gasteiger partial charge in [0.25, 0.3) is 5.91 Å². The van der Waals surface area contributed by atoms with Crippen LogP contribution in [-0.4, -0.2) is 48.2 Å². The lowest BCUT2D eigenvalue weighted by molar-refractivity contribution is 0.0715. The molecule has 1 amide bonds. The van der Waals surface area contributed by atoms with Gasteiger partial charge in [0.15, 0.2) is 5.69 Å². The summed E-state index contributed by atoms with van der Waals surface area (Å²) in [6.45, 7) is 3.48. The van der Waals surface area contributed by atoms with Crippen LogP contribution in [0.3, 0.4) is 0 Å². The average Bonchev–Trinajstić information content (AvgIpc) is 3.37. The monoisotopic (exact) mass is 336 g/mol. The standard InChI is InChI=1S/C18H20N6O/c1-14-10-19-22(12-14)13-16-8-5-9-23(16)18(25)17-11-20-24(21-17)15-6-3-2-4-7-15/h2-4,6-7,10-12,16H,5,8-9,13H2,1H3/t16-/m0/s1. The molecule has 128 valence electrons. The van der Waals surface area contributed by atoms with E-state index in [1.807, 2.05) is 59.2 Å². The Morgan fingerprint density at radius 2 is 2.04 bits per heavy atom. The van der Waals surface area contributed by atoms with E-state index >= 15 is 0 Å². The Bertz CT molecular complexity index is 869. The van der Waals surface area contributed by atoms with Crippen LogP contribution in [0.4, 0.5) is 0 Å². The van der Waals surface area contributed by atoms with Crippen LogP contribution in [0, 0.1) is 6.92 Å². The molecular weight excluding hydrogens is 316 g/mol. The van der Waals surface area contributed by atoms with E-state index in [9.17, 15) is 4.79 Å². The van der Waals surface area contributed by atoms with Crippen molar-refractivity contribution in [3.63, 3.8) is 0 Å². The number of benzene rings is 1. The molecule has 0 saturated carbocycles. The molecule has 0 aliphatic carbocycles. The van der Waals surface area contributed by atoms with Crippen molar-refractivity contribution in [2.24, 2.45) is 0 Å². The van der Waals surface area contributed by atoms with Gasteiger partial charge in [-0.3, -0.25) is 9.48 Å². The highest BCUT2D eigenvalue weighted by Gasteiger charge is 2.31. The van der Waals surface area contributed by atoms with E-state index in [1.165, 1.54) is 4.80 Å². The van der Waals surface area contributed by atoms with Gasteiger partial charge in [0, 0.05) is 12.7 Å². The zero-order valence-corrected chi connectivity index (χ0v) is 14.1. The summed E-state index contributed by atoms with van der Waals surface area (Å²) in [5.74, 6) is -0.0615. The maximum Gasteiger partial charge on any atom is 0.276 e. The molecule has 4 rings (SSSR count). The molecule has 1 saturated heterocycles. The highest BCUT2D eigenvalue weighted by Crippen LogP contribution is 2.21. The molecule has 2 aromatic heterocycles. The molecule has 3 heterocycles. The van der Waals surface area contributed by atoms with Gasteiger partial charge in [0.05, 0.1) is 30.7 Å². The molecule has 0 spiro atoms. The van der Waals surface area contributed by atoms with E-state index in [-0.39, 0.29) is 11.9 Å². The van der Waals surface area contributed by atoms with Crippen LogP contribution in [0.1, 0.15) is 28.9 Å². The van der Waals surface area contributed by atoms with Crippen molar-refractivity contribution in [1.29, 1.82) is 0 Å². The Hall–Kier alpha value is -2.96. The Morgan fingerprint density at radius 3 is 2.80 bits per heavy atom. The second-order valence-electron chi connectivity index (χ2n) is 6.39. The van der Waals surface area contributed by atoms with E-state index in [0.717, 1.165) is 30.6 Å². The fraction of sp³-hybridized carbons (Fsp3) is 0.333. The first kappa shape index (κ1) is 15.6. The number of hydrogen-bond acceptors (Lipinski definition) is 4. The van der Waals surface area contributed by atoms with Gasteiger partial charge < -0.3 is 4.90 Å². The summed E-state index contributed by atoms with van der Waals surface area (Å²) in [5, 5.41) is 12.9. The molecule has 1 aliphatic heterocycles. The number of carbonyl (C=O) groups excluding carboxylic acids is 1. The normalized spacial score (nSPS) is 17.2. The number of rotatable bonds is 4. The van der Waals surface area contributed by atoms with Gasteiger partial charge in [-0.25, -0.2) is 0 Å². The topological polar surface area (TPSA) is 68.8 Å². The van der Waals surface area contributed by atoms with Gasteiger partial charge in [0.2, 0.25) is 0 Å². The Morgan fingerprint density at radius 1 is 1.20 bits per heavy atom. The summed E-state index contributed by atoms with van der Waals surface area (Å²) in [6.07, 6.45) is 7.38. The Kier molecular flexibility index (Phi) is 4.05. The molecule has 0 unspecified atom stereocenters. The maximum absolute atomic E-state index is 12.9. The van der Waals surface area contributed by atoms with Crippen molar-refractivity contribution >= 4 is 5.91 Å². The van der Waals surface area contributed by atoms with Crippen molar-refractivity contribution in [1.82, 2.24) is 29.7 Å². The quantitative estimate of drug-likeness (QED) is 0.731. The molecule has 0 N–H and O–H groups in total. The highest BCUT2D eigenvalue weighted by molar-refractivity contribution is 5.92. The molecule has 1 aliphatic rings. The molecule has 1 fully saturated rings. The Balaban J connectivity index is 1.51. The molecule has 1 atom stereocenters. The minimum atomic E-state index is -0.0615. The summed E-state index contributed by atoms with van der Waals surface area (Å²) >= 11 is 0. The third kappa shape index (κ3) is 3.17. The van der Waals surface area contributed by atoms with Gasteiger partial charge in [-0.05, 0) is 37.5 Å². The number of nitrogens with zero attached hydrogens (tertiary/aromatic N) is 6. The van der Waals surface area contributed by atoms with Crippen LogP contribution in [0.2, 0.25) is 0 Å². The lowest BCUT2D eigenvalue weighted by Crippen LogP contribution is -2.38. The van der Waals surface area contributed by atoms with Gasteiger partial charge in [-0.2, -0.15) is 15.0 Å². The molecule has 7 heteroatoms. The molecule has 0 radical (unpaired) electrons. The smallest absolute Gasteiger partial charge is 0.276 e. The average molecular weight is 336 g/mol. The second-order valence-corrected chi connectivity index (χ2v) is 6.39. The van der Waals surface area contributed by atoms with Crippen molar-refractivity contribution in [2.75, 3.05) is 6.54 Å². The number of para-hydroxylation sites is 1. The van der Waals surface area contributed by atoms with Gasteiger partial charge in [-0.1, -0.05) is 18.2 Å². The summed E-state index contributed by atoms with van der Waals surface area (Å²) in [4.78, 5) is 16.3. The minimum Gasteiger partial charge on any atom is -0.332 e. The van der Waals surface area contributed by atoms with Gasteiger partial charge in [0.1, 0.15) is 0 Å². The van der Waals surface area contributed by atoms with E-state index in [2.05, 4.69) is 15.3 Å². The largest absolute Gasteiger partial charge is 0.332 e. The van der Waals surface area contributed by atoms with Crippen molar-refractivity contribution in [3.8, 4) is 5.69 Å². The summed E-state index contributed by atoms with van der Waals surface area (Å²) < 4.78 is 1.91. The van der Waals surface area contributed by atoms with Crippen molar-refractivity contribution in [2.45, 2.75) is 32.4 Å². The van der Waals surface area contributed by atoms with Crippen LogP contribution in [0.5, 0.6) is 0 Å². The fourth-order valence-electron chi connectivity index (χ4n) is 3.27. The molecule has 25 heavy (non-hydrogen) atoms.